The van der Waals surface area contributed by atoms with Gasteiger partial charge in [0.15, 0.2) is 0 Å². The SMILES string of the molecule is O=C(Oc1ccc(Cl)cc1Cl)c1cccc(N2C(=O)CCC2=O)c1. The average Bonchev–Trinajstić information content (AvgIpc) is 2.89. The molecule has 0 spiro atoms. The zero-order valence-electron chi connectivity index (χ0n) is 12.3. The summed E-state index contributed by atoms with van der Waals surface area (Å²) < 4.78 is 5.24. The van der Waals surface area contributed by atoms with Gasteiger partial charge in [-0.3, -0.25) is 14.5 Å². The summed E-state index contributed by atoms with van der Waals surface area (Å²) in [6.45, 7) is 0. The maximum Gasteiger partial charge on any atom is 0.343 e. The van der Waals surface area contributed by atoms with E-state index in [0.717, 1.165) is 4.90 Å². The molecule has 2 aromatic rings. The number of anilines is 1. The molecule has 0 unspecified atom stereocenters. The Morgan fingerprint density at radius 1 is 1.00 bits per heavy atom. The summed E-state index contributed by atoms with van der Waals surface area (Å²) in [5.41, 5.74) is 0.546. The molecule has 2 amide bonds. The third kappa shape index (κ3) is 3.27. The molecule has 0 aromatic heterocycles. The van der Waals surface area contributed by atoms with Gasteiger partial charge in [0.2, 0.25) is 11.8 Å². The molecule has 0 N–H and O–H groups in total. The summed E-state index contributed by atoms with van der Waals surface area (Å²) in [5, 5.41) is 0.629. The first-order chi connectivity index (χ1) is 11.5. The first-order valence-corrected chi connectivity index (χ1v) is 7.84. The van der Waals surface area contributed by atoms with Crippen molar-refractivity contribution in [3.05, 3.63) is 58.1 Å². The van der Waals surface area contributed by atoms with E-state index in [1.54, 1.807) is 18.2 Å². The number of nitrogens with zero attached hydrogens (tertiary/aromatic N) is 1. The highest BCUT2D eigenvalue weighted by Gasteiger charge is 2.30. The predicted molar refractivity (Wildman–Crippen MR) is 89.6 cm³/mol. The van der Waals surface area contributed by atoms with Crippen molar-refractivity contribution in [1.29, 1.82) is 0 Å². The van der Waals surface area contributed by atoms with Crippen LogP contribution in [0.5, 0.6) is 5.75 Å². The number of esters is 1. The predicted octanol–water partition coefficient (Wildman–Crippen LogP) is 3.87. The van der Waals surface area contributed by atoms with Gasteiger partial charge in [-0.1, -0.05) is 29.3 Å². The van der Waals surface area contributed by atoms with Crippen molar-refractivity contribution in [2.24, 2.45) is 0 Å². The van der Waals surface area contributed by atoms with Gasteiger partial charge >= 0.3 is 5.97 Å². The summed E-state index contributed by atoms with van der Waals surface area (Å²) in [5.74, 6) is -1.05. The molecule has 1 saturated heterocycles. The van der Waals surface area contributed by atoms with Gasteiger partial charge in [0.05, 0.1) is 16.3 Å². The van der Waals surface area contributed by atoms with Crippen molar-refractivity contribution in [2.45, 2.75) is 12.8 Å². The van der Waals surface area contributed by atoms with Crippen molar-refractivity contribution < 1.29 is 19.1 Å². The highest BCUT2D eigenvalue weighted by Crippen LogP contribution is 2.29. The van der Waals surface area contributed by atoms with Crippen LogP contribution in [0.2, 0.25) is 10.0 Å². The van der Waals surface area contributed by atoms with Gasteiger partial charge in [0, 0.05) is 17.9 Å². The van der Waals surface area contributed by atoms with Gasteiger partial charge in [-0.25, -0.2) is 4.79 Å². The fraction of sp³-hybridized carbons (Fsp3) is 0.118. The maximum absolute atomic E-state index is 12.3. The number of imide groups is 1. The van der Waals surface area contributed by atoms with Crippen LogP contribution in [0.4, 0.5) is 5.69 Å². The number of ether oxygens (including phenoxy) is 1. The largest absolute Gasteiger partial charge is 0.421 e. The monoisotopic (exact) mass is 363 g/mol. The molecule has 5 nitrogen and oxygen atoms in total. The lowest BCUT2D eigenvalue weighted by Gasteiger charge is -2.14. The van der Waals surface area contributed by atoms with Gasteiger partial charge in [0.25, 0.3) is 0 Å². The fourth-order valence-corrected chi connectivity index (χ4v) is 2.80. The highest BCUT2D eigenvalue weighted by molar-refractivity contribution is 6.35. The van der Waals surface area contributed by atoms with Crippen LogP contribution in [-0.4, -0.2) is 17.8 Å². The Hall–Kier alpha value is -2.37. The summed E-state index contributed by atoms with van der Waals surface area (Å²) >= 11 is 11.8. The van der Waals surface area contributed by atoms with E-state index in [-0.39, 0.29) is 41.0 Å². The third-order valence-corrected chi connectivity index (χ3v) is 4.02. The number of carbonyl (C=O) groups is 3. The molecule has 1 aliphatic rings. The van der Waals surface area contributed by atoms with E-state index in [4.69, 9.17) is 27.9 Å². The summed E-state index contributed by atoms with van der Waals surface area (Å²) in [6.07, 6.45) is 0.349. The molecule has 122 valence electrons. The van der Waals surface area contributed by atoms with E-state index in [1.807, 2.05) is 0 Å². The molecule has 24 heavy (non-hydrogen) atoms. The third-order valence-electron chi connectivity index (χ3n) is 3.49. The zero-order chi connectivity index (χ0) is 17.3. The normalized spacial score (nSPS) is 14.2. The topological polar surface area (TPSA) is 63.7 Å². The molecule has 2 aromatic carbocycles. The number of amides is 2. The molecule has 0 atom stereocenters. The van der Waals surface area contributed by atoms with Crippen LogP contribution >= 0.6 is 23.2 Å². The van der Waals surface area contributed by atoms with Crippen LogP contribution < -0.4 is 9.64 Å². The van der Waals surface area contributed by atoms with E-state index in [2.05, 4.69) is 0 Å². The Morgan fingerprint density at radius 3 is 2.38 bits per heavy atom. The average molecular weight is 364 g/mol. The number of hydrogen-bond donors (Lipinski definition) is 0. The van der Waals surface area contributed by atoms with Gasteiger partial charge in [-0.05, 0) is 36.4 Å². The quantitative estimate of drug-likeness (QED) is 0.471. The number of hydrogen-bond acceptors (Lipinski definition) is 4. The Bertz CT molecular complexity index is 834. The first-order valence-electron chi connectivity index (χ1n) is 7.09. The number of halogens is 2. The smallest absolute Gasteiger partial charge is 0.343 e. The lowest BCUT2D eigenvalue weighted by molar-refractivity contribution is -0.121. The molecule has 1 fully saturated rings. The minimum absolute atomic E-state index is 0.171. The molecule has 0 radical (unpaired) electrons. The van der Waals surface area contributed by atoms with Gasteiger partial charge < -0.3 is 4.74 Å². The lowest BCUT2D eigenvalue weighted by atomic mass is 10.2. The van der Waals surface area contributed by atoms with Crippen molar-refractivity contribution >= 4 is 46.7 Å². The molecule has 0 aliphatic carbocycles. The zero-order valence-corrected chi connectivity index (χ0v) is 13.8. The van der Waals surface area contributed by atoms with Crippen LogP contribution in [0, 0.1) is 0 Å². The van der Waals surface area contributed by atoms with E-state index in [0.29, 0.717) is 10.7 Å². The summed E-state index contributed by atoms with van der Waals surface area (Å²) in [7, 11) is 0. The van der Waals surface area contributed by atoms with Crippen LogP contribution in [-0.2, 0) is 9.59 Å². The van der Waals surface area contributed by atoms with Crippen LogP contribution in [0.15, 0.2) is 42.5 Å². The standard InChI is InChI=1S/C17H11Cl2NO4/c18-11-4-5-14(13(19)9-11)24-17(23)10-2-1-3-12(8-10)20-15(21)6-7-16(20)22/h1-5,8-9H,6-7H2. The minimum atomic E-state index is -0.653. The van der Waals surface area contributed by atoms with E-state index < -0.39 is 5.97 Å². The van der Waals surface area contributed by atoms with E-state index >= 15 is 0 Å². The van der Waals surface area contributed by atoms with Gasteiger partial charge in [-0.15, -0.1) is 0 Å². The molecule has 1 aliphatic heterocycles. The summed E-state index contributed by atoms with van der Waals surface area (Å²) in [6, 6.07) is 10.6. The van der Waals surface area contributed by atoms with Crippen LogP contribution in [0.25, 0.3) is 0 Å². The Kier molecular flexibility index (Phi) is 4.55. The molecule has 0 bridgehead atoms. The number of rotatable bonds is 3. The van der Waals surface area contributed by atoms with Gasteiger partial charge in [-0.2, -0.15) is 0 Å². The first kappa shape index (κ1) is 16.5. The van der Waals surface area contributed by atoms with Crippen molar-refractivity contribution in [1.82, 2.24) is 0 Å². The second-order valence-corrected chi connectivity index (χ2v) is 5.98. The molecular weight excluding hydrogens is 353 g/mol. The van der Waals surface area contributed by atoms with Crippen LogP contribution in [0.1, 0.15) is 23.2 Å². The van der Waals surface area contributed by atoms with Crippen molar-refractivity contribution in [2.75, 3.05) is 4.90 Å². The molecule has 7 heteroatoms. The highest BCUT2D eigenvalue weighted by atomic mass is 35.5. The second-order valence-electron chi connectivity index (χ2n) is 5.14. The van der Waals surface area contributed by atoms with Gasteiger partial charge in [0.1, 0.15) is 5.75 Å². The fourth-order valence-electron chi connectivity index (χ4n) is 2.35. The Morgan fingerprint density at radius 2 is 1.71 bits per heavy atom. The molecule has 1 heterocycles. The maximum atomic E-state index is 12.3. The van der Waals surface area contributed by atoms with E-state index in [9.17, 15) is 14.4 Å². The number of benzene rings is 2. The summed E-state index contributed by atoms with van der Waals surface area (Å²) in [4.78, 5) is 36.9. The molecular formula is C17H11Cl2NO4. The number of carbonyl (C=O) groups excluding carboxylic acids is 3. The Balaban J connectivity index is 1.84. The Labute approximate surface area is 147 Å². The lowest BCUT2D eigenvalue weighted by Crippen LogP contribution is -2.28. The van der Waals surface area contributed by atoms with E-state index in [1.165, 1.54) is 24.3 Å². The molecule has 3 rings (SSSR count). The van der Waals surface area contributed by atoms with Crippen LogP contribution in [0.3, 0.4) is 0 Å². The molecule has 0 saturated carbocycles. The van der Waals surface area contributed by atoms with Crippen molar-refractivity contribution in [3.63, 3.8) is 0 Å². The minimum Gasteiger partial charge on any atom is -0.421 e. The van der Waals surface area contributed by atoms with Crippen molar-refractivity contribution in [3.8, 4) is 5.75 Å². The second kappa shape index (κ2) is 6.63.